The Labute approximate surface area is 190 Å². The molecule has 1 fully saturated rings. The molecule has 9 heteroatoms. The van der Waals surface area contributed by atoms with Crippen molar-refractivity contribution in [2.45, 2.75) is 19.3 Å². The highest BCUT2D eigenvalue weighted by molar-refractivity contribution is 5.97. The van der Waals surface area contributed by atoms with Gasteiger partial charge in [-0.05, 0) is 48.7 Å². The maximum Gasteiger partial charge on any atom is 0.245 e. The van der Waals surface area contributed by atoms with Crippen molar-refractivity contribution < 1.29 is 9.59 Å². The molecule has 1 unspecified atom stereocenters. The molecule has 2 N–H and O–H groups in total. The van der Waals surface area contributed by atoms with E-state index in [0.717, 1.165) is 46.2 Å². The fourth-order valence-electron chi connectivity index (χ4n) is 4.48. The lowest BCUT2D eigenvalue weighted by molar-refractivity contribution is -0.132. The molecule has 1 atom stereocenters. The van der Waals surface area contributed by atoms with Crippen LogP contribution in [0.15, 0.2) is 55.5 Å². The summed E-state index contributed by atoms with van der Waals surface area (Å²) >= 11 is 0. The average molecular weight is 444 g/mol. The van der Waals surface area contributed by atoms with Gasteiger partial charge in [-0.15, -0.1) is 0 Å². The van der Waals surface area contributed by atoms with Gasteiger partial charge >= 0.3 is 0 Å². The van der Waals surface area contributed by atoms with Crippen molar-refractivity contribution in [3.05, 3.63) is 61.2 Å². The standard InChI is InChI=1S/C24H25N7O2/c1-2-22(32)30-12-4-5-16(15-30)24(33)26-10-7-17-13-19-18(8-11-25-23(19)29-17)20-14-28-31-21(20)6-3-9-27-31/h2-3,6,8-9,11,13-14,16H,1,4-5,7,10,12,15H2,(H,25,29)(H,26,33). The van der Waals surface area contributed by atoms with E-state index in [1.54, 1.807) is 21.9 Å². The molecule has 0 aromatic carbocycles. The third-order valence-corrected chi connectivity index (χ3v) is 6.15. The first-order valence-corrected chi connectivity index (χ1v) is 11.1. The van der Waals surface area contributed by atoms with Gasteiger partial charge in [0, 0.05) is 55.1 Å². The second kappa shape index (κ2) is 8.85. The molecule has 0 aliphatic carbocycles. The first-order chi connectivity index (χ1) is 16.1. The van der Waals surface area contributed by atoms with E-state index in [1.165, 1.54) is 6.08 Å². The number of nitrogens with one attached hydrogen (secondary N) is 2. The third-order valence-electron chi connectivity index (χ3n) is 6.15. The van der Waals surface area contributed by atoms with Crippen LogP contribution in [0.25, 0.3) is 27.7 Å². The Hall–Kier alpha value is -4.01. The molecule has 5 heterocycles. The minimum Gasteiger partial charge on any atom is -0.355 e. The molecule has 1 saturated heterocycles. The fourth-order valence-corrected chi connectivity index (χ4v) is 4.48. The molecule has 9 nitrogen and oxygen atoms in total. The predicted molar refractivity (Wildman–Crippen MR) is 124 cm³/mol. The second-order valence-corrected chi connectivity index (χ2v) is 8.24. The van der Waals surface area contributed by atoms with Gasteiger partial charge in [-0.25, -0.2) is 4.98 Å². The van der Waals surface area contributed by atoms with E-state index in [1.807, 2.05) is 24.4 Å². The van der Waals surface area contributed by atoms with Crippen molar-refractivity contribution in [1.82, 2.24) is 35.0 Å². The second-order valence-electron chi connectivity index (χ2n) is 8.24. The molecule has 168 valence electrons. The number of pyridine rings is 1. The van der Waals surface area contributed by atoms with Gasteiger partial charge in [-0.1, -0.05) is 6.58 Å². The SMILES string of the molecule is C=CC(=O)N1CCCC(C(=O)NCCc2cc3c(-c4cnn5ncccc45)ccnc3[nH]2)C1. The lowest BCUT2D eigenvalue weighted by Crippen LogP contribution is -2.45. The Balaban J connectivity index is 1.27. The summed E-state index contributed by atoms with van der Waals surface area (Å²) in [6.45, 7) is 5.18. The van der Waals surface area contributed by atoms with Gasteiger partial charge in [-0.2, -0.15) is 14.8 Å². The van der Waals surface area contributed by atoms with E-state index in [4.69, 9.17) is 0 Å². The number of amides is 2. The van der Waals surface area contributed by atoms with E-state index < -0.39 is 0 Å². The Morgan fingerprint density at radius 1 is 1.24 bits per heavy atom. The third kappa shape index (κ3) is 4.09. The first-order valence-electron chi connectivity index (χ1n) is 11.1. The first kappa shape index (κ1) is 20.9. The Kier molecular flexibility index (Phi) is 5.60. The van der Waals surface area contributed by atoms with Gasteiger partial charge in [-0.3, -0.25) is 9.59 Å². The normalized spacial score (nSPS) is 16.2. The predicted octanol–water partition coefficient (Wildman–Crippen LogP) is 2.36. The van der Waals surface area contributed by atoms with Crippen LogP contribution in [0.1, 0.15) is 18.5 Å². The molecule has 1 aliphatic rings. The molecule has 1 aliphatic heterocycles. The number of hydrogen-bond acceptors (Lipinski definition) is 5. The van der Waals surface area contributed by atoms with Gasteiger partial charge in [0.05, 0.1) is 17.6 Å². The lowest BCUT2D eigenvalue weighted by Gasteiger charge is -2.31. The van der Waals surface area contributed by atoms with Crippen molar-refractivity contribution in [1.29, 1.82) is 0 Å². The number of aromatic amines is 1. The maximum atomic E-state index is 12.6. The van der Waals surface area contributed by atoms with E-state index in [2.05, 4.69) is 38.1 Å². The molecule has 33 heavy (non-hydrogen) atoms. The maximum absolute atomic E-state index is 12.6. The Bertz CT molecular complexity index is 1340. The highest BCUT2D eigenvalue weighted by Gasteiger charge is 2.27. The smallest absolute Gasteiger partial charge is 0.245 e. The topological polar surface area (TPSA) is 108 Å². The van der Waals surface area contributed by atoms with Crippen molar-refractivity contribution in [3.63, 3.8) is 0 Å². The Morgan fingerprint density at radius 3 is 3.03 bits per heavy atom. The number of fused-ring (bicyclic) bond motifs is 2. The molecular formula is C24H25N7O2. The van der Waals surface area contributed by atoms with Crippen molar-refractivity contribution in [3.8, 4) is 11.1 Å². The van der Waals surface area contributed by atoms with Crippen LogP contribution in [-0.4, -0.2) is 61.1 Å². The van der Waals surface area contributed by atoms with Crippen LogP contribution in [0, 0.1) is 5.92 Å². The number of hydrogen-bond donors (Lipinski definition) is 2. The summed E-state index contributed by atoms with van der Waals surface area (Å²) in [4.78, 5) is 34.0. The number of piperidine rings is 1. The number of H-pyrrole nitrogens is 1. The average Bonchev–Trinajstić information content (AvgIpc) is 3.47. The van der Waals surface area contributed by atoms with Crippen LogP contribution < -0.4 is 5.32 Å². The number of carbonyl (C=O) groups is 2. The van der Waals surface area contributed by atoms with E-state index in [9.17, 15) is 9.59 Å². The molecule has 0 radical (unpaired) electrons. The van der Waals surface area contributed by atoms with Crippen LogP contribution in [0.5, 0.6) is 0 Å². The van der Waals surface area contributed by atoms with E-state index in [-0.39, 0.29) is 17.7 Å². The summed E-state index contributed by atoms with van der Waals surface area (Å²) in [6.07, 6.45) is 8.88. The molecular weight excluding hydrogens is 418 g/mol. The van der Waals surface area contributed by atoms with E-state index >= 15 is 0 Å². The number of carbonyl (C=O) groups excluding carboxylic acids is 2. The molecule has 0 spiro atoms. The molecule has 5 rings (SSSR count). The number of likely N-dealkylation sites (tertiary alicyclic amines) is 1. The number of nitrogens with zero attached hydrogens (tertiary/aromatic N) is 5. The van der Waals surface area contributed by atoms with Gasteiger partial charge in [0.25, 0.3) is 0 Å². The summed E-state index contributed by atoms with van der Waals surface area (Å²) in [7, 11) is 0. The summed E-state index contributed by atoms with van der Waals surface area (Å²) in [5.41, 5.74) is 4.74. The van der Waals surface area contributed by atoms with Crippen LogP contribution >= 0.6 is 0 Å². The van der Waals surface area contributed by atoms with Gasteiger partial charge in [0.2, 0.25) is 11.8 Å². The molecule has 4 aromatic heterocycles. The zero-order valence-electron chi connectivity index (χ0n) is 18.2. The minimum absolute atomic E-state index is 0.00894. The quantitative estimate of drug-likeness (QED) is 0.445. The van der Waals surface area contributed by atoms with Crippen molar-refractivity contribution in [2.24, 2.45) is 5.92 Å². The Morgan fingerprint density at radius 2 is 2.15 bits per heavy atom. The van der Waals surface area contributed by atoms with Gasteiger partial charge < -0.3 is 15.2 Å². The highest BCUT2D eigenvalue weighted by Crippen LogP contribution is 2.30. The summed E-state index contributed by atoms with van der Waals surface area (Å²) in [5, 5.41) is 12.6. The monoisotopic (exact) mass is 443 g/mol. The molecule has 2 amide bonds. The minimum atomic E-state index is -0.178. The van der Waals surface area contributed by atoms with Crippen LogP contribution in [0.2, 0.25) is 0 Å². The fraction of sp³-hybridized carbons (Fsp3) is 0.292. The van der Waals surface area contributed by atoms with Gasteiger partial charge in [0.1, 0.15) is 5.65 Å². The summed E-state index contributed by atoms with van der Waals surface area (Å²) in [5.74, 6) is -0.302. The summed E-state index contributed by atoms with van der Waals surface area (Å²) < 4.78 is 1.61. The lowest BCUT2D eigenvalue weighted by atomic mass is 9.97. The molecule has 0 bridgehead atoms. The van der Waals surface area contributed by atoms with Crippen molar-refractivity contribution in [2.75, 3.05) is 19.6 Å². The largest absolute Gasteiger partial charge is 0.355 e. The van der Waals surface area contributed by atoms with Gasteiger partial charge in [0.15, 0.2) is 0 Å². The molecule has 4 aromatic rings. The molecule has 0 saturated carbocycles. The highest BCUT2D eigenvalue weighted by atomic mass is 16.2. The van der Waals surface area contributed by atoms with Crippen LogP contribution in [-0.2, 0) is 16.0 Å². The van der Waals surface area contributed by atoms with E-state index in [0.29, 0.717) is 26.1 Å². The zero-order valence-corrected chi connectivity index (χ0v) is 18.2. The number of aromatic nitrogens is 5. The van der Waals surface area contributed by atoms with Crippen molar-refractivity contribution >= 4 is 28.4 Å². The number of rotatable bonds is 6. The van der Waals surface area contributed by atoms with Crippen LogP contribution in [0.4, 0.5) is 0 Å². The zero-order chi connectivity index (χ0) is 22.8. The summed E-state index contributed by atoms with van der Waals surface area (Å²) in [6, 6.07) is 7.93. The van der Waals surface area contributed by atoms with Crippen LogP contribution in [0.3, 0.4) is 0 Å².